The van der Waals surface area contributed by atoms with Crippen LogP contribution >= 0.6 is 0 Å². The first-order valence-corrected chi connectivity index (χ1v) is 8.83. The van der Waals surface area contributed by atoms with Crippen LogP contribution in [0.15, 0.2) is 65.8 Å². The van der Waals surface area contributed by atoms with E-state index in [4.69, 9.17) is 9.47 Å². The number of hydrogen-bond acceptors (Lipinski definition) is 6. The van der Waals surface area contributed by atoms with Gasteiger partial charge in [-0.3, -0.25) is 14.2 Å². The third-order valence-electron chi connectivity index (χ3n) is 4.39. The summed E-state index contributed by atoms with van der Waals surface area (Å²) in [6.45, 7) is 0. The van der Waals surface area contributed by atoms with Gasteiger partial charge in [0.05, 0.1) is 26.7 Å². The van der Waals surface area contributed by atoms with Crippen LogP contribution in [0.5, 0.6) is 11.5 Å². The van der Waals surface area contributed by atoms with Crippen molar-refractivity contribution in [3.63, 3.8) is 0 Å². The van der Waals surface area contributed by atoms with Crippen molar-refractivity contribution < 1.29 is 24.2 Å². The highest BCUT2D eigenvalue weighted by atomic mass is 16.5. The predicted molar refractivity (Wildman–Crippen MR) is 108 cm³/mol. The highest BCUT2D eigenvalue weighted by Gasteiger charge is 2.28. The molecule has 154 valence electrons. The van der Waals surface area contributed by atoms with Crippen LogP contribution in [-0.2, 0) is 4.79 Å². The molecule has 0 saturated heterocycles. The lowest BCUT2D eigenvalue weighted by atomic mass is 10.0. The summed E-state index contributed by atoms with van der Waals surface area (Å²) < 4.78 is 11.3. The van der Waals surface area contributed by atoms with E-state index in [0.717, 1.165) is 10.9 Å². The van der Waals surface area contributed by atoms with Gasteiger partial charge in [0.1, 0.15) is 17.2 Å². The lowest BCUT2D eigenvalue weighted by Crippen LogP contribution is -2.33. The summed E-state index contributed by atoms with van der Waals surface area (Å²) in [6, 6.07) is 11.5. The Labute approximate surface area is 171 Å². The number of nitrogens with zero attached hydrogens (tertiary/aromatic N) is 2. The van der Waals surface area contributed by atoms with Gasteiger partial charge in [0, 0.05) is 11.1 Å². The molecule has 0 spiro atoms. The molecular formula is C21H19N3O6. The molecule has 0 bridgehead atoms. The molecule has 1 aromatic heterocycles. The molecule has 3 rings (SSSR count). The minimum absolute atomic E-state index is 0.153. The maximum absolute atomic E-state index is 13.0. The molecule has 2 aromatic carbocycles. The second-order valence-electron chi connectivity index (χ2n) is 6.19. The second-order valence-corrected chi connectivity index (χ2v) is 6.19. The Bertz CT molecular complexity index is 1130. The van der Waals surface area contributed by atoms with Gasteiger partial charge in [0.25, 0.3) is 11.5 Å². The Morgan fingerprint density at radius 2 is 1.83 bits per heavy atom. The smallest absolute Gasteiger partial charge is 0.331 e. The Hall–Kier alpha value is -4.14. The Morgan fingerprint density at radius 1 is 1.10 bits per heavy atom. The van der Waals surface area contributed by atoms with Crippen LogP contribution in [0.2, 0.25) is 0 Å². The number of carboxylic acids is 1. The largest absolute Gasteiger partial charge is 0.497 e. The highest BCUT2D eigenvalue weighted by Crippen LogP contribution is 2.31. The number of aliphatic carboxylic acids is 1. The maximum atomic E-state index is 13.0. The van der Waals surface area contributed by atoms with E-state index in [0.29, 0.717) is 11.3 Å². The third kappa shape index (κ3) is 4.14. The number of nitrogens with one attached hydrogen (secondary N) is 1. The van der Waals surface area contributed by atoms with Crippen LogP contribution in [0, 0.1) is 0 Å². The molecule has 30 heavy (non-hydrogen) atoms. The van der Waals surface area contributed by atoms with Crippen LogP contribution in [0.3, 0.4) is 0 Å². The van der Waals surface area contributed by atoms with Gasteiger partial charge in [-0.25, -0.2) is 9.78 Å². The predicted octanol–water partition coefficient (Wildman–Crippen LogP) is 2.19. The standard InChI is InChI=1S/C21H19N3O6/c1-29-14-8-9-17(30-2)15(10-14)18(21(27)28)24-12-22-11-16(20(24)26)23-19(25)13-6-4-3-5-7-13/h3-12,18H,1-2H3,(H,23,25)(H,27,28). The monoisotopic (exact) mass is 409 g/mol. The summed E-state index contributed by atoms with van der Waals surface area (Å²) in [4.78, 5) is 41.4. The quantitative estimate of drug-likeness (QED) is 0.614. The van der Waals surface area contributed by atoms with Crippen molar-refractivity contribution in [1.82, 2.24) is 9.55 Å². The van der Waals surface area contributed by atoms with Gasteiger partial charge >= 0.3 is 5.97 Å². The van der Waals surface area contributed by atoms with Gasteiger partial charge in [0.15, 0.2) is 6.04 Å². The van der Waals surface area contributed by atoms with Crippen LogP contribution in [0.25, 0.3) is 0 Å². The summed E-state index contributed by atoms with van der Waals surface area (Å²) in [6.07, 6.45) is 2.26. The summed E-state index contributed by atoms with van der Waals surface area (Å²) in [5.74, 6) is -1.17. The second kappa shape index (κ2) is 8.91. The molecule has 9 heteroatoms. The topological polar surface area (TPSA) is 120 Å². The molecule has 0 aliphatic rings. The molecule has 1 amide bonds. The van der Waals surface area contributed by atoms with Crippen molar-refractivity contribution in [1.29, 1.82) is 0 Å². The average molecular weight is 409 g/mol. The van der Waals surface area contributed by atoms with Gasteiger partial charge in [-0.1, -0.05) is 18.2 Å². The van der Waals surface area contributed by atoms with Crippen LogP contribution in [0.4, 0.5) is 5.69 Å². The third-order valence-corrected chi connectivity index (χ3v) is 4.39. The van der Waals surface area contributed by atoms with Crippen molar-refractivity contribution in [3.05, 3.63) is 82.5 Å². The maximum Gasteiger partial charge on any atom is 0.331 e. The lowest BCUT2D eigenvalue weighted by molar-refractivity contribution is -0.139. The first-order chi connectivity index (χ1) is 14.5. The minimum Gasteiger partial charge on any atom is -0.497 e. The van der Waals surface area contributed by atoms with Crippen molar-refractivity contribution in [3.8, 4) is 11.5 Å². The summed E-state index contributed by atoms with van der Waals surface area (Å²) in [7, 11) is 2.83. The van der Waals surface area contributed by atoms with E-state index in [1.807, 2.05) is 0 Å². The number of amides is 1. The number of rotatable bonds is 7. The molecule has 0 saturated carbocycles. The molecule has 0 radical (unpaired) electrons. The number of ether oxygens (including phenoxy) is 2. The number of hydrogen-bond donors (Lipinski definition) is 2. The van der Waals surface area contributed by atoms with E-state index in [9.17, 15) is 19.5 Å². The van der Waals surface area contributed by atoms with Crippen molar-refractivity contribution in [2.45, 2.75) is 6.04 Å². The molecule has 3 aromatic rings. The number of carbonyl (C=O) groups excluding carboxylic acids is 1. The van der Waals surface area contributed by atoms with E-state index >= 15 is 0 Å². The van der Waals surface area contributed by atoms with Gasteiger partial charge in [-0.05, 0) is 30.3 Å². The number of aromatic nitrogens is 2. The van der Waals surface area contributed by atoms with Crippen LogP contribution in [0.1, 0.15) is 22.0 Å². The summed E-state index contributed by atoms with van der Waals surface area (Å²) in [5.41, 5.74) is -0.345. The van der Waals surface area contributed by atoms with E-state index in [2.05, 4.69) is 10.3 Å². The Morgan fingerprint density at radius 3 is 2.47 bits per heavy atom. The first kappa shape index (κ1) is 20.6. The zero-order valence-corrected chi connectivity index (χ0v) is 16.2. The molecule has 1 heterocycles. The fraction of sp³-hybridized carbons (Fsp3) is 0.143. The van der Waals surface area contributed by atoms with E-state index < -0.39 is 23.5 Å². The normalized spacial score (nSPS) is 11.4. The van der Waals surface area contributed by atoms with Crippen LogP contribution in [-0.4, -0.2) is 40.8 Å². The Kier molecular flexibility index (Phi) is 6.11. The highest BCUT2D eigenvalue weighted by molar-refractivity contribution is 6.04. The molecule has 1 unspecified atom stereocenters. The molecule has 0 fully saturated rings. The van der Waals surface area contributed by atoms with Gasteiger partial charge < -0.3 is 19.9 Å². The molecule has 0 aliphatic heterocycles. The molecule has 2 N–H and O–H groups in total. The zero-order valence-electron chi connectivity index (χ0n) is 16.2. The van der Waals surface area contributed by atoms with E-state index in [1.165, 1.54) is 26.5 Å². The van der Waals surface area contributed by atoms with Crippen molar-refractivity contribution in [2.24, 2.45) is 0 Å². The van der Waals surface area contributed by atoms with E-state index in [-0.39, 0.29) is 17.0 Å². The first-order valence-electron chi connectivity index (χ1n) is 8.83. The lowest BCUT2D eigenvalue weighted by Gasteiger charge is -2.19. The van der Waals surface area contributed by atoms with Crippen LogP contribution < -0.4 is 20.3 Å². The molecule has 9 nitrogen and oxygen atoms in total. The Balaban J connectivity index is 2.06. The summed E-state index contributed by atoms with van der Waals surface area (Å²) in [5, 5.41) is 12.3. The molecule has 0 aliphatic carbocycles. The minimum atomic E-state index is -1.45. The number of carbonyl (C=O) groups is 2. The number of methoxy groups -OCH3 is 2. The molecular weight excluding hydrogens is 390 g/mol. The average Bonchev–Trinajstić information content (AvgIpc) is 2.76. The molecule has 1 atom stereocenters. The summed E-state index contributed by atoms with van der Waals surface area (Å²) >= 11 is 0. The van der Waals surface area contributed by atoms with Gasteiger partial charge in [-0.15, -0.1) is 0 Å². The van der Waals surface area contributed by atoms with E-state index in [1.54, 1.807) is 42.5 Å². The van der Waals surface area contributed by atoms with Gasteiger partial charge in [-0.2, -0.15) is 0 Å². The van der Waals surface area contributed by atoms with Crippen molar-refractivity contribution in [2.75, 3.05) is 19.5 Å². The number of benzene rings is 2. The van der Waals surface area contributed by atoms with Gasteiger partial charge in [0.2, 0.25) is 0 Å². The SMILES string of the molecule is COc1ccc(OC)c(C(C(=O)O)n2cncc(NC(=O)c3ccccc3)c2=O)c1. The number of carboxylic acid groups (broad SMARTS) is 1. The fourth-order valence-corrected chi connectivity index (χ4v) is 2.94. The fourth-order valence-electron chi connectivity index (χ4n) is 2.94. The number of anilines is 1. The van der Waals surface area contributed by atoms with Crippen molar-refractivity contribution >= 4 is 17.6 Å². The zero-order chi connectivity index (χ0) is 21.7.